The molecule has 0 aliphatic carbocycles. The molecule has 0 radical (unpaired) electrons. The quantitative estimate of drug-likeness (QED) is 0.417. The number of hydrogen-bond donors (Lipinski definition) is 2. The lowest BCUT2D eigenvalue weighted by Crippen LogP contribution is -2.32. The Hall–Kier alpha value is -3.78. The molecule has 7 nitrogen and oxygen atoms in total. The van der Waals surface area contributed by atoms with Crippen LogP contribution in [-0.2, 0) is 0 Å². The fraction of sp³-hybridized carbons (Fsp3) is 0.167. The zero-order valence-electron chi connectivity index (χ0n) is 17.4. The number of rotatable bonds is 5. The average Bonchev–Trinajstić information content (AvgIpc) is 3.25. The molecule has 0 saturated heterocycles. The lowest BCUT2D eigenvalue weighted by atomic mass is 9.96. The molecule has 0 amide bonds. The van der Waals surface area contributed by atoms with E-state index in [4.69, 9.17) is 5.10 Å². The van der Waals surface area contributed by atoms with E-state index in [2.05, 4.69) is 33.3 Å². The lowest BCUT2D eigenvalue weighted by Gasteiger charge is -2.31. The van der Waals surface area contributed by atoms with Crippen LogP contribution >= 0.6 is 11.3 Å². The molecule has 4 aromatic rings. The molecule has 3 heterocycles. The summed E-state index contributed by atoms with van der Waals surface area (Å²) in [6.07, 6.45) is 0.796. The van der Waals surface area contributed by atoms with Crippen molar-refractivity contribution in [3.63, 3.8) is 0 Å². The molecule has 1 aliphatic rings. The molecule has 0 spiro atoms. The highest BCUT2D eigenvalue weighted by Gasteiger charge is 2.22. The molecule has 1 aliphatic heterocycles. The number of carboxylic acids is 1. The maximum absolute atomic E-state index is 11.3. The van der Waals surface area contributed by atoms with E-state index in [1.165, 1.54) is 6.07 Å². The van der Waals surface area contributed by atoms with Crippen molar-refractivity contribution < 1.29 is 9.90 Å². The molecule has 0 unspecified atom stereocenters. The summed E-state index contributed by atoms with van der Waals surface area (Å²) in [7, 11) is 0. The Labute approximate surface area is 189 Å². The van der Waals surface area contributed by atoms with E-state index in [9.17, 15) is 9.90 Å². The summed E-state index contributed by atoms with van der Waals surface area (Å²) >= 11 is 1.57. The van der Waals surface area contributed by atoms with Crippen molar-refractivity contribution in [1.82, 2.24) is 9.97 Å². The molecule has 160 valence electrons. The molecule has 2 N–H and O–H groups in total. The number of hydrazone groups is 1. The van der Waals surface area contributed by atoms with E-state index in [0.29, 0.717) is 5.69 Å². The summed E-state index contributed by atoms with van der Waals surface area (Å²) in [6.45, 7) is 3.92. The van der Waals surface area contributed by atoms with Gasteiger partial charge in [-0.2, -0.15) is 5.10 Å². The van der Waals surface area contributed by atoms with Gasteiger partial charge in [0, 0.05) is 36.3 Å². The van der Waals surface area contributed by atoms with E-state index in [-0.39, 0.29) is 5.69 Å². The Balaban J connectivity index is 1.52. The number of carboxylic acid groups (broad SMARTS) is 1. The number of carbonyl (C=O) groups is 1. The standard InChI is InChI=1S/C24H21N5O2S/c1-2-29-13-12-18(27-28-24-26-19-6-3-4-9-22(19)32-24)16-14-15(10-11-21(16)29)17-7-5-8-20(25-17)23(30)31/h3-11,14H,2,12-13H2,1H3,(H,26,28)(H,30,31)/b27-18+. The summed E-state index contributed by atoms with van der Waals surface area (Å²) in [4.78, 5) is 22.5. The molecular weight excluding hydrogens is 422 g/mol. The van der Waals surface area contributed by atoms with Crippen molar-refractivity contribution in [1.29, 1.82) is 0 Å². The molecule has 2 aromatic carbocycles. The maximum atomic E-state index is 11.3. The predicted octanol–water partition coefficient (Wildman–Crippen LogP) is 5.10. The molecule has 0 saturated carbocycles. The number of nitrogens with zero attached hydrogens (tertiary/aromatic N) is 4. The Bertz CT molecular complexity index is 1310. The summed E-state index contributed by atoms with van der Waals surface area (Å²) in [5.74, 6) is -1.04. The maximum Gasteiger partial charge on any atom is 0.354 e. The number of hydrogen-bond acceptors (Lipinski definition) is 7. The number of thiazole rings is 1. The summed E-state index contributed by atoms with van der Waals surface area (Å²) < 4.78 is 1.11. The van der Waals surface area contributed by atoms with Gasteiger partial charge in [-0.25, -0.2) is 14.8 Å². The first-order chi connectivity index (χ1) is 15.6. The van der Waals surface area contributed by atoms with Crippen LogP contribution in [0.4, 0.5) is 10.8 Å². The molecule has 0 atom stereocenters. The van der Waals surface area contributed by atoms with Crippen LogP contribution in [0, 0.1) is 0 Å². The highest BCUT2D eigenvalue weighted by Crippen LogP contribution is 2.32. The monoisotopic (exact) mass is 443 g/mol. The van der Waals surface area contributed by atoms with Gasteiger partial charge in [0.15, 0.2) is 0 Å². The number of aromatic nitrogens is 2. The highest BCUT2D eigenvalue weighted by molar-refractivity contribution is 7.22. The topological polar surface area (TPSA) is 90.7 Å². The molecule has 0 bridgehead atoms. The van der Waals surface area contributed by atoms with Gasteiger partial charge < -0.3 is 10.0 Å². The first-order valence-electron chi connectivity index (χ1n) is 10.4. The van der Waals surface area contributed by atoms with Crippen molar-refractivity contribution in [3.05, 3.63) is 71.9 Å². The van der Waals surface area contributed by atoms with Gasteiger partial charge in [0.2, 0.25) is 5.13 Å². The highest BCUT2D eigenvalue weighted by atomic mass is 32.1. The SMILES string of the molecule is CCN1CC/C(=N\Nc2nc3ccccc3s2)c2cc(-c3cccc(C(=O)O)n3)ccc21. The number of anilines is 2. The third-order valence-electron chi connectivity index (χ3n) is 5.49. The van der Waals surface area contributed by atoms with Crippen molar-refractivity contribution in [3.8, 4) is 11.3 Å². The Morgan fingerprint density at radius 3 is 2.84 bits per heavy atom. The van der Waals surface area contributed by atoms with Crippen LogP contribution in [0.15, 0.2) is 65.8 Å². The smallest absolute Gasteiger partial charge is 0.354 e. The van der Waals surface area contributed by atoms with Crippen molar-refractivity contribution in [2.45, 2.75) is 13.3 Å². The first kappa shape index (κ1) is 20.1. The van der Waals surface area contributed by atoms with Crippen molar-refractivity contribution in [2.24, 2.45) is 5.10 Å². The predicted molar refractivity (Wildman–Crippen MR) is 129 cm³/mol. The van der Waals surface area contributed by atoms with E-state index in [1.807, 2.05) is 42.5 Å². The molecule has 5 rings (SSSR count). The Kier molecular flexibility index (Phi) is 5.28. The summed E-state index contributed by atoms with van der Waals surface area (Å²) in [5.41, 5.74) is 8.69. The Morgan fingerprint density at radius 2 is 2.03 bits per heavy atom. The molecule has 0 fully saturated rings. The average molecular weight is 444 g/mol. The number of fused-ring (bicyclic) bond motifs is 2. The summed E-state index contributed by atoms with van der Waals surface area (Å²) in [5, 5.41) is 14.8. The van der Waals surface area contributed by atoms with Gasteiger partial charge in [-0.15, -0.1) is 0 Å². The van der Waals surface area contributed by atoms with Crippen molar-refractivity contribution >= 4 is 44.1 Å². The van der Waals surface area contributed by atoms with Gasteiger partial charge in [0.05, 0.1) is 21.6 Å². The number of nitrogens with one attached hydrogen (secondary N) is 1. The van der Waals surface area contributed by atoms with Crippen LogP contribution in [-0.4, -0.2) is 39.8 Å². The largest absolute Gasteiger partial charge is 0.477 e. The van der Waals surface area contributed by atoms with Crippen molar-refractivity contribution in [2.75, 3.05) is 23.4 Å². The number of para-hydroxylation sites is 1. The lowest BCUT2D eigenvalue weighted by molar-refractivity contribution is 0.0690. The first-order valence-corrected chi connectivity index (χ1v) is 11.2. The van der Waals surface area contributed by atoms with E-state index < -0.39 is 5.97 Å². The van der Waals surface area contributed by atoms with Crippen LogP contribution < -0.4 is 10.3 Å². The fourth-order valence-electron chi connectivity index (χ4n) is 3.89. The minimum atomic E-state index is -1.04. The second kappa shape index (κ2) is 8.39. The van der Waals surface area contributed by atoms with E-state index in [1.54, 1.807) is 17.4 Å². The normalized spacial score (nSPS) is 14.5. The summed E-state index contributed by atoms with van der Waals surface area (Å²) in [6, 6.07) is 19.1. The van der Waals surface area contributed by atoms with Gasteiger partial charge in [0.25, 0.3) is 0 Å². The molecule has 8 heteroatoms. The third-order valence-corrected chi connectivity index (χ3v) is 6.43. The van der Waals surface area contributed by atoms with E-state index >= 15 is 0 Å². The third kappa shape index (κ3) is 3.80. The van der Waals surface area contributed by atoms with Gasteiger partial charge in [0.1, 0.15) is 5.69 Å². The van der Waals surface area contributed by atoms with Gasteiger partial charge in [-0.3, -0.25) is 5.43 Å². The minimum absolute atomic E-state index is 0.0294. The fourth-order valence-corrected chi connectivity index (χ4v) is 4.70. The number of benzene rings is 2. The van der Waals surface area contributed by atoms with Crippen LogP contribution in [0.5, 0.6) is 0 Å². The second-order valence-corrected chi connectivity index (χ2v) is 8.46. The minimum Gasteiger partial charge on any atom is -0.477 e. The zero-order chi connectivity index (χ0) is 22.1. The number of pyridine rings is 1. The molecule has 32 heavy (non-hydrogen) atoms. The van der Waals surface area contributed by atoms with Crippen LogP contribution in [0.1, 0.15) is 29.4 Å². The van der Waals surface area contributed by atoms with Crippen LogP contribution in [0.25, 0.3) is 21.5 Å². The second-order valence-electron chi connectivity index (χ2n) is 7.43. The number of aromatic carboxylic acids is 1. The molecule has 2 aromatic heterocycles. The molecular formula is C24H21N5O2S. The van der Waals surface area contributed by atoms with Gasteiger partial charge in [-0.1, -0.05) is 35.6 Å². The van der Waals surface area contributed by atoms with Crippen LogP contribution in [0.3, 0.4) is 0 Å². The Morgan fingerprint density at radius 1 is 1.16 bits per heavy atom. The van der Waals surface area contributed by atoms with Crippen LogP contribution in [0.2, 0.25) is 0 Å². The zero-order valence-corrected chi connectivity index (χ0v) is 18.3. The van der Waals surface area contributed by atoms with Gasteiger partial charge in [-0.05, 0) is 43.3 Å². The van der Waals surface area contributed by atoms with E-state index in [0.717, 1.165) is 57.4 Å². The van der Waals surface area contributed by atoms with Gasteiger partial charge >= 0.3 is 5.97 Å².